The average Bonchev–Trinajstić information content (AvgIpc) is 2.33. The van der Waals surface area contributed by atoms with Gasteiger partial charge in [0, 0.05) is 0 Å². The number of hydrogen-bond acceptors (Lipinski definition) is 5. The van der Waals surface area contributed by atoms with Crippen molar-refractivity contribution < 1.29 is 67.1 Å². The topological polar surface area (TPSA) is 138 Å². The summed E-state index contributed by atoms with van der Waals surface area (Å²) in [7, 11) is -4.12. The largest absolute Gasteiger partial charge is 1.00 e. The minimum Gasteiger partial charge on any atom is -0.662 e. The van der Waals surface area contributed by atoms with Gasteiger partial charge in [0.25, 0.3) is 10.1 Å². The molecule has 21 heavy (non-hydrogen) atoms. The van der Waals surface area contributed by atoms with Crippen LogP contribution in [0, 0.1) is 6.61 Å². The monoisotopic (exact) mass is 326 g/mol. The van der Waals surface area contributed by atoms with Crippen molar-refractivity contribution in [1.82, 2.24) is 0 Å². The van der Waals surface area contributed by atoms with E-state index < -0.39 is 27.8 Å². The molecule has 0 amide bonds. The predicted molar refractivity (Wildman–Crippen MR) is 66.3 cm³/mol. The first-order valence-electron chi connectivity index (χ1n) is 5.24. The van der Waals surface area contributed by atoms with Crippen molar-refractivity contribution in [3.8, 4) is 5.75 Å². The second kappa shape index (κ2) is 8.35. The Morgan fingerprint density at radius 2 is 1.57 bits per heavy atom. The summed E-state index contributed by atoms with van der Waals surface area (Å²) in [5.41, 5.74) is -0.550. The van der Waals surface area contributed by atoms with Crippen LogP contribution in [0.25, 0.3) is 0 Å². The molecule has 1 aromatic carbocycles. The van der Waals surface area contributed by atoms with Crippen molar-refractivity contribution in [3.05, 3.63) is 35.9 Å². The zero-order chi connectivity index (χ0) is 15.3. The average molecular weight is 326 g/mol. The SMILES string of the molecule is O=C(O)c1cc(O[CH-]CCS(=O)(=O)O)cc(C(=O)O)c1.[Na+]. The summed E-state index contributed by atoms with van der Waals surface area (Å²) in [6.07, 6.45) is -0.140. The molecule has 0 bridgehead atoms. The summed E-state index contributed by atoms with van der Waals surface area (Å²) in [6.45, 7) is 1.03. The molecule has 0 aromatic heterocycles. The molecule has 10 heteroatoms. The summed E-state index contributed by atoms with van der Waals surface area (Å²) >= 11 is 0. The number of carbonyl (C=O) groups is 2. The molecule has 0 spiro atoms. The Morgan fingerprint density at radius 3 is 1.95 bits per heavy atom. The fourth-order valence-corrected chi connectivity index (χ4v) is 1.66. The summed E-state index contributed by atoms with van der Waals surface area (Å²) in [4.78, 5) is 21.6. The molecule has 0 radical (unpaired) electrons. The van der Waals surface area contributed by atoms with E-state index in [1.54, 1.807) is 0 Å². The van der Waals surface area contributed by atoms with Gasteiger partial charge >= 0.3 is 41.5 Å². The van der Waals surface area contributed by atoms with Crippen LogP contribution in [0.1, 0.15) is 27.1 Å². The third-order valence-corrected chi connectivity index (χ3v) is 2.87. The normalized spacial score (nSPS) is 10.5. The number of rotatable bonds is 7. The molecule has 0 aliphatic rings. The smallest absolute Gasteiger partial charge is 0.662 e. The van der Waals surface area contributed by atoms with Gasteiger partial charge in [-0.05, 0) is 18.2 Å². The van der Waals surface area contributed by atoms with Crippen molar-refractivity contribution in [2.75, 3.05) is 5.75 Å². The molecule has 0 saturated carbocycles. The van der Waals surface area contributed by atoms with Gasteiger partial charge in [0.05, 0.1) is 22.6 Å². The molecule has 0 heterocycles. The van der Waals surface area contributed by atoms with Gasteiger partial charge in [-0.1, -0.05) is 0 Å². The van der Waals surface area contributed by atoms with E-state index in [0.717, 1.165) is 24.8 Å². The maximum absolute atomic E-state index is 10.8. The van der Waals surface area contributed by atoms with Crippen molar-refractivity contribution in [2.45, 2.75) is 6.42 Å². The van der Waals surface area contributed by atoms with Crippen LogP contribution < -0.4 is 34.3 Å². The summed E-state index contributed by atoms with van der Waals surface area (Å²) < 4.78 is 34.4. The van der Waals surface area contributed by atoms with E-state index in [2.05, 4.69) is 0 Å². The van der Waals surface area contributed by atoms with Gasteiger partial charge in [0.1, 0.15) is 0 Å². The van der Waals surface area contributed by atoms with Gasteiger partial charge < -0.3 is 14.9 Å². The number of benzene rings is 1. The van der Waals surface area contributed by atoms with Gasteiger partial charge in [-0.2, -0.15) is 15.0 Å². The summed E-state index contributed by atoms with van der Waals surface area (Å²) in [6, 6.07) is 3.16. The molecule has 110 valence electrons. The van der Waals surface area contributed by atoms with Crippen LogP contribution in [0.15, 0.2) is 18.2 Å². The molecule has 1 rings (SSSR count). The Morgan fingerprint density at radius 1 is 1.10 bits per heavy atom. The molecular formula is C11H11NaO8S. The minimum atomic E-state index is -4.12. The minimum absolute atomic E-state index is 0. The van der Waals surface area contributed by atoms with Crippen LogP contribution in [-0.2, 0) is 10.1 Å². The first-order valence-corrected chi connectivity index (χ1v) is 6.85. The molecule has 0 atom stereocenters. The van der Waals surface area contributed by atoms with Gasteiger partial charge in [-0.3, -0.25) is 4.55 Å². The first kappa shape index (κ1) is 19.9. The Hall–Kier alpha value is -1.13. The summed E-state index contributed by atoms with van der Waals surface area (Å²) in [5, 5.41) is 17.6. The second-order valence-corrected chi connectivity index (χ2v) is 5.29. The fraction of sp³-hybridized carbons (Fsp3) is 0.182. The second-order valence-electron chi connectivity index (χ2n) is 3.72. The number of ether oxygens (including phenoxy) is 1. The molecular weight excluding hydrogens is 315 g/mol. The molecule has 8 nitrogen and oxygen atoms in total. The Labute approximate surface area is 142 Å². The third kappa shape index (κ3) is 7.44. The van der Waals surface area contributed by atoms with Crippen molar-refractivity contribution in [1.29, 1.82) is 0 Å². The van der Waals surface area contributed by atoms with Crippen LogP contribution in [0.5, 0.6) is 5.75 Å². The van der Waals surface area contributed by atoms with Gasteiger partial charge in [0.15, 0.2) is 0 Å². The predicted octanol–water partition coefficient (Wildman–Crippen LogP) is -2.09. The molecule has 0 aliphatic carbocycles. The summed E-state index contributed by atoms with van der Waals surface area (Å²) in [5.74, 6) is -3.26. The number of carboxylic acid groups (broad SMARTS) is 2. The molecule has 0 saturated heterocycles. The van der Waals surface area contributed by atoms with E-state index >= 15 is 0 Å². The zero-order valence-electron chi connectivity index (χ0n) is 11.0. The molecule has 0 unspecified atom stereocenters. The first-order chi connectivity index (χ1) is 9.19. The number of aromatic carboxylic acids is 2. The Balaban J connectivity index is 0.00000400. The molecule has 1 aromatic rings. The quantitative estimate of drug-likeness (QED) is 0.224. The van der Waals surface area contributed by atoms with Crippen molar-refractivity contribution in [2.24, 2.45) is 0 Å². The van der Waals surface area contributed by atoms with Gasteiger partial charge in [-0.25, -0.2) is 9.59 Å². The number of carboxylic acids is 2. The number of hydrogen-bond donors (Lipinski definition) is 3. The fourth-order valence-electron chi connectivity index (χ4n) is 1.27. The van der Waals surface area contributed by atoms with Gasteiger partial charge in [0.2, 0.25) is 0 Å². The maximum Gasteiger partial charge on any atom is 1.00 e. The third-order valence-electron chi connectivity index (χ3n) is 2.11. The molecule has 3 N–H and O–H groups in total. The van der Waals surface area contributed by atoms with E-state index in [4.69, 9.17) is 19.5 Å². The van der Waals surface area contributed by atoms with E-state index in [1.165, 1.54) is 0 Å². The Kier molecular flexibility index (Phi) is 7.90. The van der Waals surface area contributed by atoms with Crippen molar-refractivity contribution >= 4 is 22.1 Å². The van der Waals surface area contributed by atoms with Crippen LogP contribution in [0.3, 0.4) is 0 Å². The van der Waals surface area contributed by atoms with Gasteiger partial charge in [-0.15, -0.1) is 6.42 Å². The van der Waals surface area contributed by atoms with Crippen molar-refractivity contribution in [3.63, 3.8) is 0 Å². The van der Waals surface area contributed by atoms with E-state index in [1.807, 2.05) is 0 Å². The standard InChI is InChI=1S/C11H11O8S.Na/c12-10(13)7-4-8(11(14)15)6-9(5-7)19-2-1-3-20(16,17)18;/h2,4-6H,1,3H2,(H,12,13)(H,14,15)(H,16,17,18);/q-1;+1. The van der Waals surface area contributed by atoms with E-state index in [9.17, 15) is 18.0 Å². The van der Waals surface area contributed by atoms with Crippen LogP contribution in [0.4, 0.5) is 0 Å². The molecule has 0 fully saturated rings. The Bertz CT molecular complexity index is 593. The maximum atomic E-state index is 10.8. The van der Waals surface area contributed by atoms with E-state index in [-0.39, 0.29) is 52.9 Å². The molecule has 0 aliphatic heterocycles. The van der Waals surface area contributed by atoms with Crippen LogP contribution in [0.2, 0.25) is 0 Å². The van der Waals surface area contributed by atoms with E-state index in [0.29, 0.717) is 0 Å². The zero-order valence-corrected chi connectivity index (χ0v) is 13.8. The van der Waals surface area contributed by atoms with Crippen LogP contribution in [-0.4, -0.2) is 40.9 Å². The van der Waals surface area contributed by atoms with Crippen LogP contribution >= 0.6 is 0 Å².